The maximum absolute atomic E-state index is 13.4. The largest absolute Gasteiger partial charge is 0.297 e. The summed E-state index contributed by atoms with van der Waals surface area (Å²) in [6.07, 6.45) is 2.94. The summed E-state index contributed by atoms with van der Waals surface area (Å²) in [5, 5.41) is 0. The molecule has 0 fully saturated rings. The summed E-state index contributed by atoms with van der Waals surface area (Å²) in [5.74, 6) is 0.422. The third-order valence-corrected chi connectivity index (χ3v) is 7.17. The molecule has 1 aliphatic rings. The number of aromatic nitrogens is 2. The Morgan fingerprint density at radius 1 is 1.09 bits per heavy atom. The highest BCUT2D eigenvalue weighted by molar-refractivity contribution is 7.88. The molecule has 4 rings (SSSR count). The first-order valence-corrected chi connectivity index (χ1v) is 13.3. The first-order valence-electron chi connectivity index (χ1n) is 11.4. The van der Waals surface area contributed by atoms with Crippen molar-refractivity contribution in [3.05, 3.63) is 87.1 Å². The molecule has 2 aromatic carbocycles. The highest BCUT2D eigenvalue weighted by atomic mass is 32.2. The van der Waals surface area contributed by atoms with E-state index in [4.69, 9.17) is 4.98 Å². The summed E-state index contributed by atoms with van der Waals surface area (Å²) in [4.78, 5) is 18.2. The maximum atomic E-state index is 13.4. The number of hydrogen-bond donors (Lipinski definition) is 1. The maximum Gasteiger partial charge on any atom is 0.257 e. The summed E-state index contributed by atoms with van der Waals surface area (Å²) >= 11 is 0. The predicted molar refractivity (Wildman–Crippen MR) is 132 cm³/mol. The molecule has 0 amide bonds. The fourth-order valence-corrected chi connectivity index (χ4v) is 5.81. The van der Waals surface area contributed by atoms with E-state index in [1.54, 1.807) is 4.57 Å². The van der Waals surface area contributed by atoms with Crippen LogP contribution in [-0.4, -0.2) is 30.3 Å². The van der Waals surface area contributed by atoms with Gasteiger partial charge in [-0.05, 0) is 56.7 Å². The third kappa shape index (κ3) is 5.09. The van der Waals surface area contributed by atoms with Gasteiger partial charge in [-0.2, -0.15) is 0 Å². The van der Waals surface area contributed by atoms with Gasteiger partial charge in [-0.15, -0.1) is 0 Å². The average molecular weight is 466 g/mol. The fourth-order valence-electron chi connectivity index (χ4n) is 4.98. The molecule has 1 aromatic heterocycles. The predicted octanol–water partition coefficient (Wildman–Crippen LogP) is 3.74. The molecule has 0 radical (unpaired) electrons. The number of hydrogen-bond acceptors (Lipinski definition) is 4. The molecule has 0 saturated heterocycles. The van der Waals surface area contributed by atoms with Crippen LogP contribution in [0.5, 0.6) is 0 Å². The van der Waals surface area contributed by atoms with Gasteiger partial charge in [0.05, 0.1) is 11.9 Å². The van der Waals surface area contributed by atoms with E-state index >= 15 is 0 Å². The van der Waals surface area contributed by atoms with Crippen LogP contribution in [0.25, 0.3) is 11.1 Å². The monoisotopic (exact) mass is 465 g/mol. The van der Waals surface area contributed by atoms with Crippen molar-refractivity contribution in [3.8, 4) is 11.1 Å². The fraction of sp³-hybridized carbons (Fsp3) is 0.385. The van der Waals surface area contributed by atoms with Crippen LogP contribution in [0.1, 0.15) is 47.5 Å². The Bertz CT molecular complexity index is 1350. The van der Waals surface area contributed by atoms with E-state index in [0.717, 1.165) is 22.4 Å². The lowest BCUT2D eigenvalue weighted by molar-refractivity contribution is 0.415. The molecule has 7 heteroatoms. The van der Waals surface area contributed by atoms with Crippen LogP contribution in [-0.2, 0) is 29.4 Å². The van der Waals surface area contributed by atoms with Gasteiger partial charge >= 0.3 is 0 Å². The summed E-state index contributed by atoms with van der Waals surface area (Å²) in [7, 11) is -3.42. The molecule has 0 spiro atoms. The molecule has 0 saturated carbocycles. The Morgan fingerprint density at radius 3 is 2.45 bits per heavy atom. The van der Waals surface area contributed by atoms with Crippen molar-refractivity contribution < 1.29 is 8.42 Å². The second-order valence-corrected chi connectivity index (χ2v) is 10.8. The molecule has 1 N–H and O–H groups in total. The summed E-state index contributed by atoms with van der Waals surface area (Å²) < 4.78 is 28.7. The van der Waals surface area contributed by atoms with E-state index in [0.29, 0.717) is 37.2 Å². The van der Waals surface area contributed by atoms with Crippen LogP contribution >= 0.6 is 0 Å². The van der Waals surface area contributed by atoms with Gasteiger partial charge in [0, 0.05) is 24.1 Å². The Hall–Kier alpha value is -2.77. The van der Waals surface area contributed by atoms with Crippen LogP contribution in [0.2, 0.25) is 0 Å². The summed E-state index contributed by atoms with van der Waals surface area (Å²) in [6.45, 7) is 6.39. The van der Waals surface area contributed by atoms with Crippen molar-refractivity contribution in [1.29, 1.82) is 0 Å². The average Bonchev–Trinajstić information content (AvgIpc) is 2.75. The molecule has 1 aliphatic carbocycles. The second-order valence-electron chi connectivity index (χ2n) is 8.98. The molecule has 33 heavy (non-hydrogen) atoms. The quantitative estimate of drug-likeness (QED) is 0.601. The second kappa shape index (κ2) is 9.23. The highest BCUT2D eigenvalue weighted by Crippen LogP contribution is 2.33. The molecule has 174 valence electrons. The highest BCUT2D eigenvalue weighted by Gasteiger charge is 2.35. The van der Waals surface area contributed by atoms with Gasteiger partial charge in [0.1, 0.15) is 5.82 Å². The first-order chi connectivity index (χ1) is 15.7. The zero-order valence-electron chi connectivity index (χ0n) is 19.6. The third-order valence-electron chi connectivity index (χ3n) is 6.44. The SMILES string of the molecule is CCn1c(C)nc2c(c1=O)[C@@H](Cc1cccc(-c3cccc(C)c3)c1)[C@@H](NS(C)(=O)=O)CC2. The molecule has 1 heterocycles. The number of sulfonamides is 1. The van der Waals surface area contributed by atoms with E-state index in [1.807, 2.05) is 32.0 Å². The normalized spacial score (nSPS) is 18.2. The van der Waals surface area contributed by atoms with Gasteiger partial charge in [-0.25, -0.2) is 18.1 Å². The number of benzene rings is 2. The van der Waals surface area contributed by atoms with Crippen molar-refractivity contribution in [3.63, 3.8) is 0 Å². The minimum absolute atomic E-state index is 0.0557. The molecule has 0 aliphatic heterocycles. The Kier molecular flexibility index (Phi) is 6.54. The van der Waals surface area contributed by atoms with Crippen molar-refractivity contribution >= 4 is 10.0 Å². The summed E-state index contributed by atoms with van der Waals surface area (Å²) in [6, 6.07) is 16.3. The van der Waals surface area contributed by atoms with Crippen LogP contribution < -0.4 is 10.3 Å². The van der Waals surface area contributed by atoms with E-state index in [2.05, 4.69) is 42.0 Å². The lowest BCUT2D eigenvalue weighted by Crippen LogP contribution is -2.46. The number of aryl methyl sites for hydroxylation is 3. The topological polar surface area (TPSA) is 81.1 Å². The molecule has 6 nitrogen and oxygen atoms in total. The number of rotatable bonds is 6. The Balaban J connectivity index is 1.78. The number of nitrogens with one attached hydrogen (secondary N) is 1. The van der Waals surface area contributed by atoms with Crippen molar-refractivity contribution in [2.45, 2.75) is 58.5 Å². The smallest absolute Gasteiger partial charge is 0.257 e. The first kappa shape index (κ1) is 23.4. The van der Waals surface area contributed by atoms with Crippen molar-refractivity contribution in [2.24, 2.45) is 0 Å². The van der Waals surface area contributed by atoms with Gasteiger partial charge in [0.2, 0.25) is 10.0 Å². The van der Waals surface area contributed by atoms with E-state index in [1.165, 1.54) is 11.8 Å². The van der Waals surface area contributed by atoms with Crippen molar-refractivity contribution in [1.82, 2.24) is 14.3 Å². The van der Waals surface area contributed by atoms with Gasteiger partial charge in [0.25, 0.3) is 5.56 Å². The van der Waals surface area contributed by atoms with Crippen LogP contribution in [0, 0.1) is 13.8 Å². The van der Waals surface area contributed by atoms with E-state index in [9.17, 15) is 13.2 Å². The van der Waals surface area contributed by atoms with E-state index < -0.39 is 10.0 Å². The van der Waals surface area contributed by atoms with Crippen LogP contribution in [0.3, 0.4) is 0 Å². The summed E-state index contributed by atoms with van der Waals surface area (Å²) in [5.41, 5.74) is 5.89. The molecular weight excluding hydrogens is 434 g/mol. The van der Waals surface area contributed by atoms with Crippen LogP contribution in [0.15, 0.2) is 53.3 Å². The lowest BCUT2D eigenvalue weighted by Gasteiger charge is -2.33. The molecule has 2 atom stereocenters. The minimum Gasteiger partial charge on any atom is -0.297 e. The molecule has 3 aromatic rings. The minimum atomic E-state index is -3.42. The molecule has 0 bridgehead atoms. The Morgan fingerprint density at radius 2 is 1.79 bits per heavy atom. The van der Waals surface area contributed by atoms with Crippen LogP contribution in [0.4, 0.5) is 0 Å². The zero-order valence-corrected chi connectivity index (χ0v) is 20.4. The van der Waals surface area contributed by atoms with E-state index in [-0.39, 0.29) is 17.5 Å². The van der Waals surface area contributed by atoms with Gasteiger partial charge < -0.3 is 0 Å². The van der Waals surface area contributed by atoms with Gasteiger partial charge in [0.15, 0.2) is 0 Å². The van der Waals surface area contributed by atoms with Gasteiger partial charge in [-0.1, -0.05) is 54.1 Å². The zero-order chi connectivity index (χ0) is 23.8. The lowest BCUT2D eigenvalue weighted by atomic mass is 9.78. The molecular formula is C26H31N3O3S. The van der Waals surface area contributed by atoms with Crippen molar-refractivity contribution in [2.75, 3.05) is 6.26 Å². The number of nitrogens with zero attached hydrogens (tertiary/aromatic N) is 2. The Labute approximate surface area is 195 Å². The number of fused-ring (bicyclic) bond motifs is 1. The standard InChI is InChI=1S/C26H31N3O3S/c1-5-29-18(3)27-24-13-12-23(28-33(4,31)32)22(25(24)26(29)30)16-19-9-7-11-21(15-19)20-10-6-8-17(2)14-20/h6-11,14-15,22-23,28H,5,12-13,16H2,1-4H3/t22-,23-/m0/s1. The van der Waals surface area contributed by atoms with Gasteiger partial charge in [-0.3, -0.25) is 9.36 Å². The molecule has 0 unspecified atom stereocenters.